The number of carboxylic acids is 1. The summed E-state index contributed by atoms with van der Waals surface area (Å²) in [6.45, 7) is 4.55. The van der Waals surface area contributed by atoms with Crippen molar-refractivity contribution in [2.75, 3.05) is 0 Å². The van der Waals surface area contributed by atoms with Crippen molar-refractivity contribution in [3.63, 3.8) is 0 Å². The Morgan fingerprint density at radius 2 is 1.86 bits per heavy atom. The first-order valence-corrected chi connectivity index (χ1v) is 8.03. The molecule has 21 heavy (non-hydrogen) atoms. The van der Waals surface area contributed by atoms with Crippen molar-refractivity contribution < 1.29 is 27.1 Å². The van der Waals surface area contributed by atoms with Crippen LogP contribution in [0.25, 0.3) is 0 Å². The van der Waals surface area contributed by atoms with Gasteiger partial charge in [0, 0.05) is 10.5 Å². The lowest BCUT2D eigenvalue weighted by Crippen LogP contribution is -2.49. The second-order valence-corrected chi connectivity index (χ2v) is 7.96. The SMILES string of the molecule is CC(C)(C)[C@H](NS(=O)(=O)c1c(F)cc(F)cc1Br)C(=O)O. The van der Waals surface area contributed by atoms with E-state index in [1.165, 1.54) is 20.8 Å². The third kappa shape index (κ3) is 4.21. The van der Waals surface area contributed by atoms with Crippen LogP contribution in [0.4, 0.5) is 8.78 Å². The summed E-state index contributed by atoms with van der Waals surface area (Å²) < 4.78 is 52.7. The molecule has 0 bridgehead atoms. The topological polar surface area (TPSA) is 83.5 Å². The maximum Gasteiger partial charge on any atom is 0.322 e. The van der Waals surface area contributed by atoms with E-state index in [1.54, 1.807) is 0 Å². The number of hydrogen-bond acceptors (Lipinski definition) is 3. The van der Waals surface area contributed by atoms with Crippen LogP contribution in [0, 0.1) is 17.0 Å². The van der Waals surface area contributed by atoms with Gasteiger partial charge < -0.3 is 5.11 Å². The average Bonchev–Trinajstić information content (AvgIpc) is 2.21. The van der Waals surface area contributed by atoms with Crippen molar-refractivity contribution in [1.82, 2.24) is 4.72 Å². The highest BCUT2D eigenvalue weighted by Gasteiger charge is 2.37. The molecule has 0 radical (unpaired) electrons. The minimum atomic E-state index is -4.49. The maximum absolute atomic E-state index is 13.7. The molecule has 2 N–H and O–H groups in total. The van der Waals surface area contributed by atoms with Gasteiger partial charge in [0.2, 0.25) is 10.0 Å². The lowest BCUT2D eigenvalue weighted by Gasteiger charge is -2.27. The molecular formula is C12H14BrF2NO4S. The van der Waals surface area contributed by atoms with E-state index in [2.05, 4.69) is 15.9 Å². The molecule has 0 aliphatic rings. The Kier molecular flexibility index (Phi) is 5.12. The van der Waals surface area contributed by atoms with E-state index in [9.17, 15) is 22.0 Å². The van der Waals surface area contributed by atoms with E-state index in [-0.39, 0.29) is 4.47 Å². The summed E-state index contributed by atoms with van der Waals surface area (Å²) in [6.07, 6.45) is 0. The highest BCUT2D eigenvalue weighted by Crippen LogP contribution is 2.28. The van der Waals surface area contributed by atoms with Crippen molar-refractivity contribution in [2.24, 2.45) is 5.41 Å². The number of benzene rings is 1. The average molecular weight is 386 g/mol. The van der Waals surface area contributed by atoms with Crippen LogP contribution in [0.2, 0.25) is 0 Å². The molecule has 0 fully saturated rings. The minimum Gasteiger partial charge on any atom is -0.480 e. The highest BCUT2D eigenvalue weighted by molar-refractivity contribution is 9.10. The Hall–Kier alpha value is -1.06. The Morgan fingerprint density at radius 1 is 1.33 bits per heavy atom. The molecule has 0 saturated carbocycles. The number of aliphatic carboxylic acids is 1. The summed E-state index contributed by atoms with van der Waals surface area (Å²) in [5.41, 5.74) is -0.943. The zero-order chi connectivity index (χ0) is 16.6. The van der Waals surface area contributed by atoms with Crippen molar-refractivity contribution >= 4 is 31.9 Å². The third-order valence-corrected chi connectivity index (χ3v) is 5.00. The molecule has 1 aromatic carbocycles. The summed E-state index contributed by atoms with van der Waals surface area (Å²) >= 11 is 2.76. The van der Waals surface area contributed by atoms with Crippen LogP contribution >= 0.6 is 15.9 Å². The zero-order valence-corrected chi connectivity index (χ0v) is 13.8. The molecule has 0 amide bonds. The number of halogens is 3. The molecule has 0 aromatic heterocycles. The number of carbonyl (C=O) groups is 1. The van der Waals surface area contributed by atoms with Gasteiger partial charge in [0.05, 0.1) is 0 Å². The van der Waals surface area contributed by atoms with E-state index < -0.39 is 44.0 Å². The number of hydrogen-bond donors (Lipinski definition) is 2. The summed E-state index contributed by atoms with van der Waals surface area (Å²) in [5.74, 6) is -3.67. The smallest absolute Gasteiger partial charge is 0.322 e. The monoisotopic (exact) mass is 385 g/mol. The molecule has 0 heterocycles. The molecule has 0 aliphatic heterocycles. The first-order chi connectivity index (χ1) is 9.36. The molecule has 1 aromatic rings. The maximum atomic E-state index is 13.7. The Balaban J connectivity index is 3.33. The fraction of sp³-hybridized carbons (Fsp3) is 0.417. The van der Waals surface area contributed by atoms with Gasteiger partial charge in [-0.3, -0.25) is 4.79 Å². The molecular weight excluding hydrogens is 372 g/mol. The van der Waals surface area contributed by atoms with E-state index >= 15 is 0 Å². The largest absolute Gasteiger partial charge is 0.480 e. The fourth-order valence-corrected chi connectivity index (χ4v) is 4.16. The van der Waals surface area contributed by atoms with Gasteiger partial charge in [-0.25, -0.2) is 17.2 Å². The van der Waals surface area contributed by atoms with Gasteiger partial charge in [0.25, 0.3) is 0 Å². The van der Waals surface area contributed by atoms with Crippen LogP contribution in [-0.4, -0.2) is 25.5 Å². The van der Waals surface area contributed by atoms with Crippen molar-refractivity contribution in [3.8, 4) is 0 Å². The Bertz CT molecular complexity index is 647. The van der Waals surface area contributed by atoms with Crippen LogP contribution in [-0.2, 0) is 14.8 Å². The summed E-state index contributed by atoms with van der Waals surface area (Å²) in [6, 6.07) is -0.282. The highest BCUT2D eigenvalue weighted by atomic mass is 79.9. The second-order valence-electron chi connectivity index (χ2n) is 5.46. The molecule has 0 saturated heterocycles. The Labute approximate surface area is 129 Å². The second kappa shape index (κ2) is 5.98. The number of nitrogens with one attached hydrogen (secondary N) is 1. The van der Waals surface area contributed by atoms with Crippen LogP contribution in [0.1, 0.15) is 20.8 Å². The van der Waals surface area contributed by atoms with Gasteiger partial charge in [0.1, 0.15) is 22.6 Å². The van der Waals surface area contributed by atoms with Crippen molar-refractivity contribution in [2.45, 2.75) is 31.7 Å². The molecule has 118 valence electrons. The van der Waals surface area contributed by atoms with Crippen LogP contribution in [0.3, 0.4) is 0 Å². The third-order valence-electron chi connectivity index (χ3n) is 2.62. The van der Waals surface area contributed by atoms with Gasteiger partial charge >= 0.3 is 5.97 Å². The first kappa shape index (κ1) is 18.0. The van der Waals surface area contributed by atoms with Crippen molar-refractivity contribution in [1.29, 1.82) is 0 Å². The molecule has 0 unspecified atom stereocenters. The summed E-state index contributed by atoms with van der Waals surface area (Å²) in [7, 11) is -4.49. The van der Waals surface area contributed by atoms with Gasteiger partial charge in [0.15, 0.2) is 0 Å². The predicted octanol–water partition coefficient (Wildman–Crippen LogP) is 2.50. The van der Waals surface area contributed by atoms with Crippen LogP contribution < -0.4 is 4.72 Å². The Morgan fingerprint density at radius 3 is 2.24 bits per heavy atom. The number of sulfonamides is 1. The van der Waals surface area contributed by atoms with E-state index in [4.69, 9.17) is 5.11 Å². The lowest BCUT2D eigenvalue weighted by molar-refractivity contribution is -0.141. The fourth-order valence-electron chi connectivity index (χ4n) is 1.60. The summed E-state index contributed by atoms with van der Waals surface area (Å²) in [4.78, 5) is 10.4. The number of rotatable bonds is 4. The summed E-state index contributed by atoms with van der Waals surface area (Å²) in [5, 5.41) is 9.11. The standard InChI is InChI=1S/C12H14BrF2NO4S/c1-12(2,3)10(11(17)18)16-21(19,20)9-7(13)4-6(14)5-8(9)15/h4-5,10,16H,1-3H3,(H,17,18)/t10-/m1/s1. The minimum absolute atomic E-state index is 0.328. The molecule has 1 atom stereocenters. The van der Waals surface area contributed by atoms with Gasteiger partial charge in [-0.15, -0.1) is 0 Å². The first-order valence-electron chi connectivity index (χ1n) is 5.76. The van der Waals surface area contributed by atoms with Crippen LogP contribution in [0.15, 0.2) is 21.5 Å². The van der Waals surface area contributed by atoms with E-state index in [0.29, 0.717) is 6.07 Å². The van der Waals surface area contributed by atoms with Gasteiger partial charge in [-0.1, -0.05) is 20.8 Å². The molecule has 0 aliphatic carbocycles. The lowest BCUT2D eigenvalue weighted by atomic mass is 9.88. The van der Waals surface area contributed by atoms with E-state index in [0.717, 1.165) is 6.07 Å². The zero-order valence-electron chi connectivity index (χ0n) is 11.4. The quantitative estimate of drug-likeness (QED) is 0.833. The predicted molar refractivity (Wildman–Crippen MR) is 75.3 cm³/mol. The van der Waals surface area contributed by atoms with Crippen LogP contribution in [0.5, 0.6) is 0 Å². The van der Waals surface area contributed by atoms with Gasteiger partial charge in [-0.05, 0) is 27.4 Å². The molecule has 9 heteroatoms. The van der Waals surface area contributed by atoms with E-state index in [1.807, 2.05) is 4.72 Å². The normalized spacial score (nSPS) is 14.0. The van der Waals surface area contributed by atoms with Gasteiger partial charge in [-0.2, -0.15) is 4.72 Å². The van der Waals surface area contributed by atoms with Crippen molar-refractivity contribution in [3.05, 3.63) is 28.2 Å². The molecule has 5 nitrogen and oxygen atoms in total. The molecule has 0 spiro atoms. The molecule has 1 rings (SSSR count). The number of carboxylic acid groups (broad SMARTS) is 1.